The second kappa shape index (κ2) is 4.42. The molecule has 14 heavy (non-hydrogen) atoms. The molecule has 0 amide bonds. The number of anilines is 1. The van der Waals surface area contributed by atoms with Crippen LogP contribution in [0.1, 0.15) is 25.8 Å². The topological polar surface area (TPSA) is 50.9 Å². The van der Waals surface area contributed by atoms with Crippen LogP contribution in [0.5, 0.6) is 0 Å². The molecule has 1 rings (SSSR count). The van der Waals surface area contributed by atoms with E-state index in [1.807, 2.05) is 19.1 Å². The highest BCUT2D eigenvalue weighted by atomic mass is 15.1. The normalized spacial score (nSPS) is 14.9. The number of aryl methyl sites for hydroxylation is 1. The summed E-state index contributed by atoms with van der Waals surface area (Å²) in [7, 11) is 0. The third kappa shape index (κ3) is 2.45. The van der Waals surface area contributed by atoms with Crippen LogP contribution in [0.3, 0.4) is 0 Å². The Hall–Kier alpha value is -1.09. The van der Waals surface area contributed by atoms with E-state index in [0.717, 1.165) is 17.8 Å². The van der Waals surface area contributed by atoms with Crippen molar-refractivity contribution in [3.05, 3.63) is 23.9 Å². The van der Waals surface area contributed by atoms with Crippen molar-refractivity contribution in [2.24, 2.45) is 5.73 Å². The van der Waals surface area contributed by atoms with Crippen molar-refractivity contribution in [3.8, 4) is 0 Å². The number of nitrogens with one attached hydrogen (secondary N) is 1. The van der Waals surface area contributed by atoms with E-state index in [2.05, 4.69) is 24.1 Å². The molecule has 1 aromatic rings. The largest absolute Gasteiger partial charge is 0.363 e. The number of hydrogen-bond acceptors (Lipinski definition) is 3. The van der Waals surface area contributed by atoms with E-state index in [4.69, 9.17) is 5.73 Å². The molecule has 0 saturated carbocycles. The molecule has 0 saturated heterocycles. The molecule has 0 spiro atoms. The highest BCUT2D eigenvalue weighted by Gasteiger charge is 2.20. The molecular formula is C11H19N3. The first-order valence-corrected chi connectivity index (χ1v) is 5.01. The maximum absolute atomic E-state index is 5.73. The van der Waals surface area contributed by atoms with Gasteiger partial charge in [-0.2, -0.15) is 0 Å². The van der Waals surface area contributed by atoms with E-state index >= 15 is 0 Å². The van der Waals surface area contributed by atoms with Gasteiger partial charge in [-0.25, -0.2) is 4.98 Å². The molecule has 78 valence electrons. The Balaban J connectivity index is 2.82. The van der Waals surface area contributed by atoms with Crippen LogP contribution in [0.15, 0.2) is 18.3 Å². The molecule has 1 unspecified atom stereocenters. The van der Waals surface area contributed by atoms with Gasteiger partial charge in [0, 0.05) is 18.3 Å². The number of nitrogens with two attached hydrogens (primary N) is 1. The predicted octanol–water partition coefficient (Wildman–Crippen LogP) is 1.93. The van der Waals surface area contributed by atoms with Crippen LogP contribution in [0.25, 0.3) is 0 Å². The van der Waals surface area contributed by atoms with Crippen molar-refractivity contribution in [2.75, 3.05) is 11.9 Å². The van der Waals surface area contributed by atoms with Gasteiger partial charge in [0.05, 0.1) is 0 Å². The molecule has 0 aliphatic heterocycles. The summed E-state index contributed by atoms with van der Waals surface area (Å²) < 4.78 is 0. The highest BCUT2D eigenvalue weighted by molar-refractivity contribution is 5.44. The van der Waals surface area contributed by atoms with Gasteiger partial charge in [0.15, 0.2) is 0 Å². The van der Waals surface area contributed by atoms with Gasteiger partial charge in [-0.3, -0.25) is 0 Å². The average Bonchev–Trinajstić information content (AvgIpc) is 2.21. The van der Waals surface area contributed by atoms with Gasteiger partial charge in [0.25, 0.3) is 0 Å². The van der Waals surface area contributed by atoms with Gasteiger partial charge in [0.2, 0.25) is 0 Å². The van der Waals surface area contributed by atoms with Crippen molar-refractivity contribution >= 4 is 5.82 Å². The van der Waals surface area contributed by atoms with Crippen LogP contribution >= 0.6 is 0 Å². The second-order valence-corrected chi connectivity index (χ2v) is 3.91. The Morgan fingerprint density at radius 1 is 1.57 bits per heavy atom. The first-order chi connectivity index (χ1) is 6.61. The zero-order chi connectivity index (χ0) is 10.6. The average molecular weight is 193 g/mol. The van der Waals surface area contributed by atoms with Gasteiger partial charge in [-0.05, 0) is 31.9 Å². The lowest BCUT2D eigenvalue weighted by Gasteiger charge is -2.29. The minimum absolute atomic E-state index is 0.0564. The van der Waals surface area contributed by atoms with Crippen molar-refractivity contribution in [2.45, 2.75) is 32.7 Å². The smallest absolute Gasteiger partial charge is 0.129 e. The molecule has 1 atom stereocenters. The maximum atomic E-state index is 5.73. The summed E-state index contributed by atoms with van der Waals surface area (Å²) in [4.78, 5) is 4.29. The first kappa shape index (κ1) is 11.0. The fourth-order valence-corrected chi connectivity index (χ4v) is 1.19. The summed E-state index contributed by atoms with van der Waals surface area (Å²) in [6, 6.07) is 3.98. The minimum atomic E-state index is -0.0564. The van der Waals surface area contributed by atoms with E-state index in [1.54, 1.807) is 6.20 Å². The van der Waals surface area contributed by atoms with Crippen LogP contribution in [0.2, 0.25) is 0 Å². The van der Waals surface area contributed by atoms with Crippen LogP contribution in [-0.4, -0.2) is 17.1 Å². The van der Waals surface area contributed by atoms with Gasteiger partial charge in [0.1, 0.15) is 5.82 Å². The molecule has 0 aromatic carbocycles. The maximum Gasteiger partial charge on any atom is 0.129 e. The summed E-state index contributed by atoms with van der Waals surface area (Å²) in [5.41, 5.74) is 6.82. The molecular weight excluding hydrogens is 174 g/mol. The van der Waals surface area contributed by atoms with Gasteiger partial charge < -0.3 is 11.1 Å². The van der Waals surface area contributed by atoms with Crippen LogP contribution in [-0.2, 0) is 0 Å². The lowest BCUT2D eigenvalue weighted by Crippen LogP contribution is -2.42. The molecule has 0 aliphatic rings. The van der Waals surface area contributed by atoms with Crippen molar-refractivity contribution in [1.82, 2.24) is 4.98 Å². The van der Waals surface area contributed by atoms with Crippen LogP contribution in [0.4, 0.5) is 5.82 Å². The summed E-state index contributed by atoms with van der Waals surface area (Å²) in [6.07, 6.45) is 2.78. The number of pyridine rings is 1. The Bertz CT molecular complexity index is 292. The molecule has 0 aliphatic carbocycles. The molecule has 3 heteroatoms. The Labute approximate surface area is 85.7 Å². The summed E-state index contributed by atoms with van der Waals surface area (Å²) >= 11 is 0. The summed E-state index contributed by atoms with van der Waals surface area (Å²) in [6.45, 7) is 6.89. The fourth-order valence-electron chi connectivity index (χ4n) is 1.19. The first-order valence-electron chi connectivity index (χ1n) is 5.01. The van der Waals surface area contributed by atoms with Gasteiger partial charge in [-0.15, -0.1) is 0 Å². The third-order valence-corrected chi connectivity index (χ3v) is 2.66. The van der Waals surface area contributed by atoms with Gasteiger partial charge in [-0.1, -0.05) is 13.0 Å². The Morgan fingerprint density at radius 3 is 2.79 bits per heavy atom. The number of rotatable bonds is 4. The highest BCUT2D eigenvalue weighted by Crippen LogP contribution is 2.18. The van der Waals surface area contributed by atoms with Crippen LogP contribution in [0, 0.1) is 6.92 Å². The van der Waals surface area contributed by atoms with E-state index in [-0.39, 0.29) is 5.54 Å². The van der Waals surface area contributed by atoms with Crippen molar-refractivity contribution in [3.63, 3.8) is 0 Å². The predicted molar refractivity (Wildman–Crippen MR) is 60.3 cm³/mol. The Morgan fingerprint density at radius 2 is 2.29 bits per heavy atom. The quantitative estimate of drug-likeness (QED) is 0.768. The van der Waals surface area contributed by atoms with E-state index < -0.39 is 0 Å². The number of hydrogen-bond donors (Lipinski definition) is 2. The number of nitrogens with zero attached hydrogens (tertiary/aromatic N) is 1. The summed E-state index contributed by atoms with van der Waals surface area (Å²) in [5, 5.41) is 3.39. The van der Waals surface area contributed by atoms with Crippen LogP contribution < -0.4 is 11.1 Å². The molecule has 1 heterocycles. The monoisotopic (exact) mass is 193 g/mol. The lowest BCUT2D eigenvalue weighted by atomic mass is 9.99. The lowest BCUT2D eigenvalue weighted by molar-refractivity contribution is 0.504. The second-order valence-electron chi connectivity index (χ2n) is 3.91. The molecule has 0 fully saturated rings. The molecule has 0 bridgehead atoms. The molecule has 1 aromatic heterocycles. The molecule has 0 radical (unpaired) electrons. The molecule has 3 N–H and O–H groups in total. The van der Waals surface area contributed by atoms with Crippen molar-refractivity contribution in [1.29, 1.82) is 0 Å². The Kier molecular flexibility index (Phi) is 3.47. The standard InChI is InChI=1S/C11H19N3/c1-4-11(3,8-12)14-10-9(2)6-5-7-13-10/h5-7H,4,8,12H2,1-3H3,(H,13,14). The zero-order valence-corrected chi connectivity index (χ0v) is 9.17. The molecule has 3 nitrogen and oxygen atoms in total. The van der Waals surface area contributed by atoms with E-state index in [1.165, 1.54) is 0 Å². The number of aromatic nitrogens is 1. The fraction of sp³-hybridized carbons (Fsp3) is 0.545. The SMILES string of the molecule is CCC(C)(CN)Nc1ncccc1C. The van der Waals surface area contributed by atoms with Crippen molar-refractivity contribution < 1.29 is 0 Å². The third-order valence-electron chi connectivity index (χ3n) is 2.66. The minimum Gasteiger partial charge on any atom is -0.363 e. The van der Waals surface area contributed by atoms with E-state index in [9.17, 15) is 0 Å². The zero-order valence-electron chi connectivity index (χ0n) is 9.17. The summed E-state index contributed by atoms with van der Waals surface area (Å²) in [5.74, 6) is 0.933. The van der Waals surface area contributed by atoms with Gasteiger partial charge >= 0.3 is 0 Å². The van der Waals surface area contributed by atoms with E-state index in [0.29, 0.717) is 6.54 Å².